The minimum Gasteiger partial charge on any atom is -0.338 e. The number of carbonyl (C=O) groups is 1. The molecule has 0 bridgehead atoms. The number of aryl methyl sites for hydroxylation is 1. The molecule has 0 spiro atoms. The molecule has 2 N–H and O–H groups in total. The van der Waals surface area contributed by atoms with Crippen molar-refractivity contribution >= 4 is 23.1 Å². The zero-order chi connectivity index (χ0) is 17.8. The molecule has 0 atom stereocenters. The van der Waals surface area contributed by atoms with E-state index in [2.05, 4.69) is 15.6 Å². The maximum Gasteiger partial charge on any atom is 0.255 e. The highest BCUT2D eigenvalue weighted by Crippen LogP contribution is 2.20. The number of hydrogen-bond acceptors (Lipinski definition) is 3. The number of nitrogens with one attached hydrogen (secondary N) is 2. The van der Waals surface area contributed by atoms with Crippen molar-refractivity contribution in [1.82, 2.24) is 4.98 Å². The molecule has 0 fully saturated rings. The molecule has 0 unspecified atom stereocenters. The third-order valence-electron chi connectivity index (χ3n) is 3.60. The molecule has 126 valence electrons. The summed E-state index contributed by atoms with van der Waals surface area (Å²) < 4.78 is 26.5. The second kappa shape index (κ2) is 7.09. The number of carbonyl (C=O) groups excluding carboxylic acids is 1. The fourth-order valence-corrected chi connectivity index (χ4v) is 2.30. The van der Waals surface area contributed by atoms with Crippen LogP contribution in [0.15, 0.2) is 60.8 Å². The Bertz CT molecular complexity index is 911. The van der Waals surface area contributed by atoms with Gasteiger partial charge in [0.15, 0.2) is 0 Å². The van der Waals surface area contributed by atoms with Gasteiger partial charge in [-0.15, -0.1) is 0 Å². The average molecular weight is 339 g/mol. The summed E-state index contributed by atoms with van der Waals surface area (Å²) in [5, 5.41) is 5.51. The maximum atomic E-state index is 13.6. The van der Waals surface area contributed by atoms with E-state index in [1.165, 1.54) is 12.3 Å². The number of pyridine rings is 1. The molecule has 0 saturated heterocycles. The van der Waals surface area contributed by atoms with Crippen LogP contribution in [-0.4, -0.2) is 10.9 Å². The van der Waals surface area contributed by atoms with Gasteiger partial charge in [0.1, 0.15) is 17.5 Å². The van der Waals surface area contributed by atoms with E-state index >= 15 is 0 Å². The molecule has 4 nitrogen and oxygen atoms in total. The van der Waals surface area contributed by atoms with Crippen LogP contribution in [0.5, 0.6) is 0 Å². The highest BCUT2D eigenvalue weighted by molar-refractivity contribution is 6.05. The summed E-state index contributed by atoms with van der Waals surface area (Å²) in [6.45, 7) is 1.86. The van der Waals surface area contributed by atoms with Gasteiger partial charge in [-0.25, -0.2) is 13.8 Å². The number of aromatic nitrogens is 1. The minimum atomic E-state index is -0.710. The smallest absolute Gasteiger partial charge is 0.255 e. The van der Waals surface area contributed by atoms with E-state index in [0.29, 0.717) is 17.1 Å². The van der Waals surface area contributed by atoms with Gasteiger partial charge >= 0.3 is 0 Å². The largest absolute Gasteiger partial charge is 0.338 e. The van der Waals surface area contributed by atoms with E-state index in [1.54, 1.807) is 24.3 Å². The number of rotatable bonds is 4. The molecular weight excluding hydrogens is 324 g/mol. The standard InChI is InChI=1S/C19H15F2N3O/c1-12-4-2-3-5-15(12)19(25)23-14-7-9-18(22-11-14)24-17-8-6-13(20)10-16(17)21/h2-11H,1H3,(H,22,24)(H,23,25). The summed E-state index contributed by atoms with van der Waals surface area (Å²) in [4.78, 5) is 16.4. The van der Waals surface area contributed by atoms with Crippen molar-refractivity contribution in [2.45, 2.75) is 6.92 Å². The van der Waals surface area contributed by atoms with Crippen molar-refractivity contribution in [2.24, 2.45) is 0 Å². The summed E-state index contributed by atoms with van der Waals surface area (Å²) in [6, 6.07) is 13.7. The summed E-state index contributed by atoms with van der Waals surface area (Å²) >= 11 is 0. The van der Waals surface area contributed by atoms with Gasteiger partial charge in [0.2, 0.25) is 0 Å². The molecule has 1 amide bonds. The molecule has 1 heterocycles. The van der Waals surface area contributed by atoms with Crippen molar-refractivity contribution in [3.63, 3.8) is 0 Å². The fraction of sp³-hybridized carbons (Fsp3) is 0.0526. The number of anilines is 3. The maximum absolute atomic E-state index is 13.6. The van der Waals surface area contributed by atoms with Crippen molar-refractivity contribution in [3.05, 3.63) is 83.6 Å². The van der Waals surface area contributed by atoms with Crippen LogP contribution >= 0.6 is 0 Å². The molecule has 2 aromatic carbocycles. The molecule has 6 heteroatoms. The summed E-state index contributed by atoms with van der Waals surface area (Å²) in [7, 11) is 0. The van der Waals surface area contributed by atoms with E-state index in [1.807, 2.05) is 19.1 Å². The van der Waals surface area contributed by atoms with Crippen LogP contribution in [0.25, 0.3) is 0 Å². The first-order chi connectivity index (χ1) is 12.0. The third-order valence-corrected chi connectivity index (χ3v) is 3.60. The third kappa shape index (κ3) is 3.98. The highest BCUT2D eigenvalue weighted by Gasteiger charge is 2.09. The van der Waals surface area contributed by atoms with E-state index in [0.717, 1.165) is 17.7 Å². The predicted molar refractivity (Wildman–Crippen MR) is 93.0 cm³/mol. The molecular formula is C19H15F2N3O. The molecule has 25 heavy (non-hydrogen) atoms. The van der Waals surface area contributed by atoms with Gasteiger partial charge in [-0.3, -0.25) is 4.79 Å². The molecule has 0 aliphatic carbocycles. The molecule has 3 aromatic rings. The zero-order valence-corrected chi connectivity index (χ0v) is 13.4. The Balaban J connectivity index is 1.70. The second-order valence-corrected chi connectivity index (χ2v) is 5.45. The number of amides is 1. The second-order valence-electron chi connectivity index (χ2n) is 5.45. The minimum absolute atomic E-state index is 0.116. The normalized spacial score (nSPS) is 10.4. The van der Waals surface area contributed by atoms with Gasteiger partial charge in [-0.05, 0) is 42.8 Å². The van der Waals surface area contributed by atoms with E-state index in [9.17, 15) is 13.6 Å². The molecule has 0 aliphatic rings. The topological polar surface area (TPSA) is 54.0 Å². The van der Waals surface area contributed by atoms with E-state index < -0.39 is 11.6 Å². The number of halogens is 2. The monoisotopic (exact) mass is 339 g/mol. The number of benzene rings is 2. The van der Waals surface area contributed by atoms with Gasteiger partial charge in [-0.1, -0.05) is 18.2 Å². The molecule has 0 aliphatic heterocycles. The Morgan fingerprint density at radius 2 is 1.84 bits per heavy atom. The van der Waals surface area contributed by atoms with Crippen LogP contribution in [-0.2, 0) is 0 Å². The molecule has 3 rings (SSSR count). The summed E-state index contributed by atoms with van der Waals surface area (Å²) in [5.41, 5.74) is 2.08. The van der Waals surface area contributed by atoms with Crippen molar-refractivity contribution < 1.29 is 13.6 Å². The van der Waals surface area contributed by atoms with Gasteiger partial charge in [0, 0.05) is 11.6 Å². The number of nitrogens with zero attached hydrogens (tertiary/aromatic N) is 1. The van der Waals surface area contributed by atoms with Gasteiger partial charge in [0.25, 0.3) is 5.91 Å². The Kier molecular flexibility index (Phi) is 4.70. The van der Waals surface area contributed by atoms with Crippen LogP contribution < -0.4 is 10.6 Å². The van der Waals surface area contributed by atoms with Crippen molar-refractivity contribution in [2.75, 3.05) is 10.6 Å². The van der Waals surface area contributed by atoms with E-state index in [4.69, 9.17) is 0 Å². The van der Waals surface area contributed by atoms with Gasteiger partial charge in [-0.2, -0.15) is 0 Å². The molecule has 1 aromatic heterocycles. The van der Waals surface area contributed by atoms with Crippen LogP contribution in [0.2, 0.25) is 0 Å². The lowest BCUT2D eigenvalue weighted by Crippen LogP contribution is -2.13. The molecule has 0 saturated carbocycles. The first kappa shape index (κ1) is 16.6. The first-order valence-electron chi connectivity index (χ1n) is 7.58. The predicted octanol–water partition coefficient (Wildman–Crippen LogP) is 4.66. The zero-order valence-electron chi connectivity index (χ0n) is 13.4. The van der Waals surface area contributed by atoms with Crippen molar-refractivity contribution in [3.8, 4) is 0 Å². The van der Waals surface area contributed by atoms with Gasteiger partial charge in [0.05, 0.1) is 17.6 Å². The quantitative estimate of drug-likeness (QED) is 0.727. The van der Waals surface area contributed by atoms with Crippen LogP contribution in [0, 0.1) is 18.6 Å². The Morgan fingerprint density at radius 1 is 1.04 bits per heavy atom. The first-order valence-corrected chi connectivity index (χ1v) is 7.58. The van der Waals surface area contributed by atoms with Crippen LogP contribution in [0.3, 0.4) is 0 Å². The van der Waals surface area contributed by atoms with Crippen LogP contribution in [0.4, 0.5) is 26.0 Å². The van der Waals surface area contributed by atoms with Gasteiger partial charge < -0.3 is 10.6 Å². The van der Waals surface area contributed by atoms with Crippen LogP contribution in [0.1, 0.15) is 15.9 Å². The average Bonchev–Trinajstić information content (AvgIpc) is 2.59. The number of hydrogen-bond donors (Lipinski definition) is 2. The highest BCUT2D eigenvalue weighted by atomic mass is 19.1. The Hall–Kier alpha value is -3.28. The Morgan fingerprint density at radius 3 is 2.52 bits per heavy atom. The summed E-state index contributed by atoms with van der Waals surface area (Å²) in [5.74, 6) is -1.21. The summed E-state index contributed by atoms with van der Waals surface area (Å²) in [6.07, 6.45) is 1.46. The van der Waals surface area contributed by atoms with Crippen molar-refractivity contribution in [1.29, 1.82) is 0 Å². The SMILES string of the molecule is Cc1ccccc1C(=O)Nc1ccc(Nc2ccc(F)cc2F)nc1. The lowest BCUT2D eigenvalue weighted by atomic mass is 10.1. The lowest BCUT2D eigenvalue weighted by molar-refractivity contribution is 0.102. The molecule has 0 radical (unpaired) electrons. The van der Waals surface area contributed by atoms with E-state index in [-0.39, 0.29) is 11.6 Å². The fourth-order valence-electron chi connectivity index (χ4n) is 2.30. The Labute approximate surface area is 143 Å². The lowest BCUT2D eigenvalue weighted by Gasteiger charge is -2.09.